The highest BCUT2D eigenvalue weighted by molar-refractivity contribution is 6.07. The molecule has 1 aliphatic rings. The molecule has 0 saturated heterocycles. The lowest BCUT2D eigenvalue weighted by atomic mass is 9.94. The number of benzene rings is 1. The first kappa shape index (κ1) is 13.9. The summed E-state index contributed by atoms with van der Waals surface area (Å²) in [6.07, 6.45) is 0. The standard InChI is InChI=1S/C12H12N2O6/c1-13-9-5-7(10(15)20-2)3-4-8(9)12(17,11(13)16)6-14(18)19/h3-5,17H,6H2,1-2H3. The normalized spacial score (nSPS) is 20.8. The van der Waals surface area contributed by atoms with Gasteiger partial charge in [-0.05, 0) is 12.1 Å². The van der Waals surface area contributed by atoms with Gasteiger partial charge < -0.3 is 14.7 Å². The zero-order valence-corrected chi connectivity index (χ0v) is 10.8. The number of anilines is 1. The number of amides is 1. The van der Waals surface area contributed by atoms with Gasteiger partial charge in [0, 0.05) is 17.5 Å². The first-order valence-corrected chi connectivity index (χ1v) is 5.66. The molecule has 1 aliphatic heterocycles. The molecular formula is C12H12N2O6. The number of hydrogen-bond acceptors (Lipinski definition) is 6. The van der Waals surface area contributed by atoms with Crippen LogP contribution < -0.4 is 4.90 Å². The molecule has 0 saturated carbocycles. The first-order valence-electron chi connectivity index (χ1n) is 5.66. The number of ether oxygens (including phenoxy) is 1. The zero-order chi connectivity index (χ0) is 15.1. The molecule has 0 aliphatic carbocycles. The lowest BCUT2D eigenvalue weighted by Crippen LogP contribution is -2.43. The van der Waals surface area contributed by atoms with E-state index in [1.807, 2.05) is 0 Å². The summed E-state index contributed by atoms with van der Waals surface area (Å²) in [5.41, 5.74) is -1.66. The number of rotatable bonds is 3. The minimum absolute atomic E-state index is 0.106. The molecule has 8 nitrogen and oxygen atoms in total. The van der Waals surface area contributed by atoms with Gasteiger partial charge in [0.1, 0.15) is 0 Å². The monoisotopic (exact) mass is 280 g/mol. The van der Waals surface area contributed by atoms with E-state index in [2.05, 4.69) is 4.74 Å². The van der Waals surface area contributed by atoms with Crippen molar-refractivity contribution >= 4 is 17.6 Å². The molecule has 0 spiro atoms. The Kier molecular flexibility index (Phi) is 3.18. The molecule has 0 aromatic heterocycles. The summed E-state index contributed by atoms with van der Waals surface area (Å²) in [5, 5.41) is 20.9. The van der Waals surface area contributed by atoms with Gasteiger partial charge in [0.2, 0.25) is 12.1 Å². The van der Waals surface area contributed by atoms with Crippen LogP contribution in [0.15, 0.2) is 18.2 Å². The number of fused-ring (bicyclic) bond motifs is 1. The molecule has 8 heteroatoms. The van der Waals surface area contributed by atoms with Crippen LogP contribution in [0.2, 0.25) is 0 Å². The fourth-order valence-electron chi connectivity index (χ4n) is 2.25. The number of carbonyl (C=O) groups is 2. The van der Waals surface area contributed by atoms with Crippen molar-refractivity contribution in [2.24, 2.45) is 0 Å². The number of likely N-dealkylation sites (N-methyl/N-ethyl adjacent to an activating group) is 1. The van der Waals surface area contributed by atoms with Crippen molar-refractivity contribution in [3.8, 4) is 0 Å². The van der Waals surface area contributed by atoms with E-state index in [4.69, 9.17) is 0 Å². The maximum Gasteiger partial charge on any atom is 0.337 e. The summed E-state index contributed by atoms with van der Waals surface area (Å²) in [5.74, 6) is -1.40. The van der Waals surface area contributed by atoms with Crippen molar-refractivity contribution in [3.63, 3.8) is 0 Å². The van der Waals surface area contributed by atoms with E-state index in [-0.39, 0.29) is 16.8 Å². The smallest absolute Gasteiger partial charge is 0.337 e. The molecule has 1 aromatic carbocycles. The minimum Gasteiger partial charge on any atom is -0.465 e. The second-order valence-electron chi connectivity index (χ2n) is 4.44. The Morgan fingerprint density at radius 3 is 2.75 bits per heavy atom. The highest BCUT2D eigenvalue weighted by Crippen LogP contribution is 2.40. The third-order valence-electron chi connectivity index (χ3n) is 3.24. The van der Waals surface area contributed by atoms with Crippen molar-refractivity contribution in [2.45, 2.75) is 5.60 Å². The van der Waals surface area contributed by atoms with Crippen molar-refractivity contribution < 1.29 is 24.4 Å². The minimum atomic E-state index is -2.21. The number of nitrogens with zero attached hydrogens (tertiary/aromatic N) is 2. The van der Waals surface area contributed by atoms with Crippen LogP contribution in [-0.2, 0) is 15.1 Å². The number of esters is 1. The number of nitro groups is 1. The highest BCUT2D eigenvalue weighted by atomic mass is 16.6. The molecule has 1 aromatic rings. The van der Waals surface area contributed by atoms with Gasteiger partial charge in [-0.3, -0.25) is 14.9 Å². The summed E-state index contributed by atoms with van der Waals surface area (Å²) in [6, 6.07) is 4.03. The molecule has 0 bridgehead atoms. The number of aliphatic hydroxyl groups is 1. The third-order valence-corrected chi connectivity index (χ3v) is 3.24. The Balaban J connectivity index is 2.55. The molecule has 0 radical (unpaired) electrons. The predicted molar refractivity (Wildman–Crippen MR) is 66.9 cm³/mol. The molecule has 1 atom stereocenters. The van der Waals surface area contributed by atoms with E-state index in [0.29, 0.717) is 0 Å². The van der Waals surface area contributed by atoms with E-state index in [0.717, 1.165) is 4.90 Å². The van der Waals surface area contributed by atoms with E-state index in [9.17, 15) is 24.8 Å². The molecule has 2 rings (SSSR count). The SMILES string of the molecule is COC(=O)c1ccc2c(c1)N(C)C(=O)C2(O)C[N+](=O)[O-]. The summed E-state index contributed by atoms with van der Waals surface area (Å²) in [4.78, 5) is 34.4. The van der Waals surface area contributed by atoms with Gasteiger partial charge in [-0.2, -0.15) is 0 Å². The predicted octanol–water partition coefficient (Wildman–Crippen LogP) is -0.0861. The number of hydrogen-bond donors (Lipinski definition) is 1. The van der Waals surface area contributed by atoms with Crippen molar-refractivity contribution in [1.29, 1.82) is 0 Å². The second kappa shape index (κ2) is 4.57. The van der Waals surface area contributed by atoms with Gasteiger partial charge in [-0.1, -0.05) is 6.07 Å². The third kappa shape index (κ3) is 1.90. The van der Waals surface area contributed by atoms with Gasteiger partial charge in [0.25, 0.3) is 5.91 Å². The lowest BCUT2D eigenvalue weighted by Gasteiger charge is -2.16. The van der Waals surface area contributed by atoms with Crippen LogP contribution in [0.1, 0.15) is 15.9 Å². The van der Waals surface area contributed by atoms with Gasteiger partial charge in [0.05, 0.1) is 18.4 Å². The molecular weight excluding hydrogens is 268 g/mol. The maximum atomic E-state index is 12.0. The molecule has 0 fully saturated rings. The van der Waals surface area contributed by atoms with Crippen LogP contribution in [-0.4, -0.2) is 42.6 Å². The van der Waals surface area contributed by atoms with Crippen LogP contribution in [0.25, 0.3) is 0 Å². The Hall–Kier alpha value is -2.48. The van der Waals surface area contributed by atoms with Crippen LogP contribution >= 0.6 is 0 Å². The van der Waals surface area contributed by atoms with Crippen LogP contribution in [0.4, 0.5) is 5.69 Å². The number of carbonyl (C=O) groups excluding carboxylic acids is 2. The summed E-state index contributed by atoms with van der Waals surface area (Å²) in [7, 11) is 2.59. The lowest BCUT2D eigenvalue weighted by molar-refractivity contribution is -0.498. The molecule has 1 N–H and O–H groups in total. The fourth-order valence-corrected chi connectivity index (χ4v) is 2.25. The Labute approximate surface area is 113 Å². The molecule has 20 heavy (non-hydrogen) atoms. The highest BCUT2D eigenvalue weighted by Gasteiger charge is 2.52. The van der Waals surface area contributed by atoms with Crippen molar-refractivity contribution in [2.75, 3.05) is 25.6 Å². The molecule has 1 heterocycles. The van der Waals surface area contributed by atoms with Gasteiger partial charge >= 0.3 is 5.97 Å². The van der Waals surface area contributed by atoms with Crippen molar-refractivity contribution in [1.82, 2.24) is 0 Å². The summed E-state index contributed by atoms with van der Waals surface area (Å²) in [6.45, 7) is -0.930. The van der Waals surface area contributed by atoms with E-state index >= 15 is 0 Å². The van der Waals surface area contributed by atoms with E-state index < -0.39 is 28.9 Å². The Morgan fingerprint density at radius 2 is 2.20 bits per heavy atom. The van der Waals surface area contributed by atoms with Gasteiger partial charge in [-0.15, -0.1) is 0 Å². The van der Waals surface area contributed by atoms with Crippen LogP contribution in [0, 0.1) is 10.1 Å². The summed E-state index contributed by atoms with van der Waals surface area (Å²) >= 11 is 0. The summed E-state index contributed by atoms with van der Waals surface area (Å²) < 4.78 is 4.56. The van der Waals surface area contributed by atoms with Crippen molar-refractivity contribution in [3.05, 3.63) is 39.4 Å². The first-order chi connectivity index (χ1) is 9.31. The second-order valence-corrected chi connectivity index (χ2v) is 4.44. The number of methoxy groups -OCH3 is 1. The molecule has 1 unspecified atom stereocenters. The van der Waals surface area contributed by atoms with Crippen LogP contribution in [0.5, 0.6) is 0 Å². The molecule has 1 amide bonds. The zero-order valence-electron chi connectivity index (χ0n) is 10.8. The van der Waals surface area contributed by atoms with Gasteiger partial charge in [-0.25, -0.2) is 4.79 Å². The molecule has 106 valence electrons. The Morgan fingerprint density at radius 1 is 1.55 bits per heavy atom. The Bertz CT molecular complexity index is 614. The van der Waals surface area contributed by atoms with E-state index in [1.165, 1.54) is 32.4 Å². The topological polar surface area (TPSA) is 110 Å². The quantitative estimate of drug-likeness (QED) is 0.471. The van der Waals surface area contributed by atoms with Gasteiger partial charge in [0.15, 0.2) is 0 Å². The average molecular weight is 280 g/mol. The van der Waals surface area contributed by atoms with Crippen LogP contribution in [0.3, 0.4) is 0 Å². The fraction of sp³-hybridized carbons (Fsp3) is 0.333. The average Bonchev–Trinajstić information content (AvgIpc) is 2.59. The van der Waals surface area contributed by atoms with E-state index in [1.54, 1.807) is 0 Å². The largest absolute Gasteiger partial charge is 0.465 e. The maximum absolute atomic E-state index is 12.0.